The third-order valence-corrected chi connectivity index (χ3v) is 6.59. The molecule has 6 heteroatoms. The highest BCUT2D eigenvalue weighted by molar-refractivity contribution is 14.0. The van der Waals surface area contributed by atoms with Crippen molar-refractivity contribution in [3.63, 3.8) is 0 Å². The summed E-state index contributed by atoms with van der Waals surface area (Å²) >= 11 is 0. The zero-order valence-corrected chi connectivity index (χ0v) is 19.5. The summed E-state index contributed by atoms with van der Waals surface area (Å²) in [5.41, 5.74) is 0.436. The number of halogens is 1. The number of hydrogen-bond acceptors (Lipinski definition) is 3. The van der Waals surface area contributed by atoms with E-state index in [2.05, 4.69) is 38.3 Å². The van der Waals surface area contributed by atoms with Crippen molar-refractivity contribution in [2.45, 2.75) is 78.0 Å². The van der Waals surface area contributed by atoms with Gasteiger partial charge in [-0.05, 0) is 31.6 Å². The zero-order valence-electron chi connectivity index (χ0n) is 17.1. The average Bonchev–Trinajstić information content (AvgIpc) is 3.20. The number of nitrogens with one attached hydrogen (secondary N) is 2. The van der Waals surface area contributed by atoms with Crippen molar-refractivity contribution in [3.8, 4) is 0 Å². The minimum Gasteiger partial charge on any atom is -0.379 e. The van der Waals surface area contributed by atoms with Crippen molar-refractivity contribution in [2.24, 2.45) is 21.7 Å². The first kappa shape index (κ1) is 22.2. The molecular weight excluding hydrogens is 441 g/mol. The van der Waals surface area contributed by atoms with Gasteiger partial charge in [0.2, 0.25) is 0 Å². The van der Waals surface area contributed by atoms with Crippen LogP contribution in [-0.2, 0) is 9.47 Å². The van der Waals surface area contributed by atoms with E-state index in [0.29, 0.717) is 30.0 Å². The van der Waals surface area contributed by atoms with Crippen molar-refractivity contribution in [2.75, 3.05) is 26.8 Å². The first-order valence-electron chi connectivity index (χ1n) is 10.1. The molecule has 1 aliphatic heterocycles. The van der Waals surface area contributed by atoms with Gasteiger partial charge in [-0.15, -0.1) is 24.0 Å². The molecule has 3 fully saturated rings. The first-order valence-corrected chi connectivity index (χ1v) is 10.1. The van der Waals surface area contributed by atoms with E-state index in [0.717, 1.165) is 19.1 Å². The van der Waals surface area contributed by atoms with Crippen LogP contribution in [0.4, 0.5) is 0 Å². The van der Waals surface area contributed by atoms with Crippen LogP contribution in [0.5, 0.6) is 0 Å². The van der Waals surface area contributed by atoms with E-state index in [1.807, 2.05) is 0 Å². The second-order valence-corrected chi connectivity index (χ2v) is 9.12. The second-order valence-electron chi connectivity index (χ2n) is 9.12. The molecule has 4 atom stereocenters. The van der Waals surface area contributed by atoms with Gasteiger partial charge < -0.3 is 20.1 Å². The van der Waals surface area contributed by atoms with E-state index in [1.165, 1.54) is 32.1 Å². The van der Waals surface area contributed by atoms with Crippen LogP contribution in [0.3, 0.4) is 0 Å². The Balaban J connectivity index is 0.00000243. The number of nitrogens with zero attached hydrogens (tertiary/aromatic N) is 1. The van der Waals surface area contributed by atoms with Crippen LogP contribution >= 0.6 is 24.0 Å². The molecule has 5 nitrogen and oxygen atoms in total. The summed E-state index contributed by atoms with van der Waals surface area (Å²) in [5.74, 6) is 1.60. The van der Waals surface area contributed by atoms with Crippen LogP contribution in [0.25, 0.3) is 0 Å². The molecule has 1 heterocycles. The lowest BCUT2D eigenvalue weighted by atomic mass is 9.54. The fourth-order valence-corrected chi connectivity index (χ4v) is 5.25. The topological polar surface area (TPSA) is 54.9 Å². The Morgan fingerprint density at radius 1 is 1.31 bits per heavy atom. The van der Waals surface area contributed by atoms with Gasteiger partial charge in [0.15, 0.2) is 5.96 Å². The van der Waals surface area contributed by atoms with Crippen LogP contribution < -0.4 is 10.6 Å². The van der Waals surface area contributed by atoms with E-state index >= 15 is 0 Å². The van der Waals surface area contributed by atoms with Gasteiger partial charge in [-0.3, -0.25) is 4.99 Å². The molecule has 4 unspecified atom stereocenters. The van der Waals surface area contributed by atoms with Gasteiger partial charge in [0.1, 0.15) is 0 Å². The Morgan fingerprint density at radius 3 is 2.58 bits per heavy atom. The Bertz CT molecular complexity index is 486. The molecule has 0 aromatic heterocycles. The molecule has 2 N–H and O–H groups in total. The molecule has 3 aliphatic rings. The number of rotatable bonds is 5. The van der Waals surface area contributed by atoms with Gasteiger partial charge in [-0.25, -0.2) is 0 Å². The lowest BCUT2D eigenvalue weighted by molar-refractivity contribution is -0.125. The van der Waals surface area contributed by atoms with Crippen LogP contribution in [0, 0.1) is 16.7 Å². The number of guanidine groups is 1. The maximum Gasteiger partial charge on any atom is 0.191 e. The normalized spacial score (nSPS) is 31.1. The molecule has 3 rings (SSSR count). The molecule has 0 aromatic carbocycles. The van der Waals surface area contributed by atoms with Crippen LogP contribution in [0.2, 0.25) is 0 Å². The number of methoxy groups -OCH3 is 1. The van der Waals surface area contributed by atoms with E-state index in [9.17, 15) is 0 Å². The summed E-state index contributed by atoms with van der Waals surface area (Å²) in [6.45, 7) is 11.2. The fourth-order valence-electron chi connectivity index (χ4n) is 5.25. The molecular formula is C20H38IN3O2. The third-order valence-electron chi connectivity index (χ3n) is 6.59. The molecule has 0 aromatic rings. The van der Waals surface area contributed by atoms with Crippen LogP contribution in [0.15, 0.2) is 4.99 Å². The van der Waals surface area contributed by atoms with E-state index in [4.69, 9.17) is 14.5 Å². The minimum absolute atomic E-state index is 0. The lowest BCUT2D eigenvalue weighted by Gasteiger charge is -2.57. The van der Waals surface area contributed by atoms with Crippen LogP contribution in [0.1, 0.15) is 59.8 Å². The predicted molar refractivity (Wildman–Crippen MR) is 117 cm³/mol. The van der Waals surface area contributed by atoms with Crippen molar-refractivity contribution >= 4 is 29.9 Å². The SMILES string of the molecule is CCNC(=NCC(OC)C(C)(C)C)NC1C2CCOC2C12CCCC2.I. The Labute approximate surface area is 176 Å². The predicted octanol–water partition coefficient (Wildman–Crippen LogP) is 3.57. The molecule has 2 aliphatic carbocycles. The minimum atomic E-state index is 0. The third kappa shape index (κ3) is 4.17. The van der Waals surface area contributed by atoms with Gasteiger partial charge in [0.25, 0.3) is 0 Å². The molecule has 1 spiro atoms. The maximum atomic E-state index is 6.10. The fraction of sp³-hybridized carbons (Fsp3) is 0.950. The smallest absolute Gasteiger partial charge is 0.191 e. The number of aliphatic imine (C=N–C) groups is 1. The first-order chi connectivity index (χ1) is 11.9. The largest absolute Gasteiger partial charge is 0.379 e. The highest BCUT2D eigenvalue weighted by Gasteiger charge is 2.65. The average molecular weight is 479 g/mol. The summed E-state index contributed by atoms with van der Waals surface area (Å²) in [5, 5.41) is 7.23. The van der Waals surface area contributed by atoms with E-state index in [-0.39, 0.29) is 35.5 Å². The monoisotopic (exact) mass is 479 g/mol. The Morgan fingerprint density at radius 2 is 2.00 bits per heavy atom. The van der Waals surface area contributed by atoms with Gasteiger partial charge in [0, 0.05) is 37.6 Å². The van der Waals surface area contributed by atoms with E-state index < -0.39 is 0 Å². The van der Waals surface area contributed by atoms with Gasteiger partial charge in [0.05, 0.1) is 18.8 Å². The molecule has 1 saturated heterocycles. The second kappa shape index (κ2) is 8.95. The Kier molecular flexibility index (Phi) is 7.64. The molecule has 0 bridgehead atoms. The summed E-state index contributed by atoms with van der Waals surface area (Å²) in [7, 11) is 1.78. The van der Waals surface area contributed by atoms with E-state index in [1.54, 1.807) is 7.11 Å². The summed E-state index contributed by atoms with van der Waals surface area (Å²) < 4.78 is 11.8. The standard InChI is InChI=1S/C20H37N3O2.HI/c1-6-21-18(22-13-15(24-5)19(2,3)4)23-16-14-9-12-25-17(14)20(16)10-7-8-11-20;/h14-17H,6-13H2,1-5H3,(H2,21,22,23);1H. The highest BCUT2D eigenvalue weighted by Crippen LogP contribution is 2.60. The number of hydrogen-bond donors (Lipinski definition) is 2. The molecule has 26 heavy (non-hydrogen) atoms. The zero-order chi connectivity index (χ0) is 18.1. The summed E-state index contributed by atoms with van der Waals surface area (Å²) in [6.07, 6.45) is 7.07. The van der Waals surface area contributed by atoms with Crippen molar-refractivity contribution in [1.82, 2.24) is 10.6 Å². The van der Waals surface area contributed by atoms with Gasteiger partial charge in [-0.2, -0.15) is 0 Å². The maximum absolute atomic E-state index is 6.10. The van der Waals surface area contributed by atoms with Gasteiger partial charge in [-0.1, -0.05) is 33.6 Å². The molecule has 0 amide bonds. The Hall–Kier alpha value is -0.0800. The van der Waals surface area contributed by atoms with Crippen molar-refractivity contribution in [3.05, 3.63) is 0 Å². The number of fused-ring (bicyclic) bond motifs is 2. The molecule has 152 valence electrons. The van der Waals surface area contributed by atoms with Gasteiger partial charge >= 0.3 is 0 Å². The van der Waals surface area contributed by atoms with Crippen molar-refractivity contribution < 1.29 is 9.47 Å². The number of ether oxygens (including phenoxy) is 2. The molecule has 0 radical (unpaired) electrons. The highest BCUT2D eigenvalue weighted by atomic mass is 127. The molecule has 2 saturated carbocycles. The van der Waals surface area contributed by atoms with Crippen molar-refractivity contribution in [1.29, 1.82) is 0 Å². The lowest BCUT2D eigenvalue weighted by Crippen LogP contribution is -2.69. The summed E-state index contributed by atoms with van der Waals surface area (Å²) in [4.78, 5) is 4.87. The quantitative estimate of drug-likeness (QED) is 0.360. The van der Waals surface area contributed by atoms with Crippen LogP contribution in [-0.4, -0.2) is 51.0 Å². The summed E-state index contributed by atoms with van der Waals surface area (Å²) in [6, 6.07) is 0.510.